The van der Waals surface area contributed by atoms with Crippen molar-refractivity contribution in [3.05, 3.63) is 71.3 Å². The van der Waals surface area contributed by atoms with Gasteiger partial charge in [0, 0.05) is 19.0 Å². The fourth-order valence-corrected chi connectivity index (χ4v) is 3.09. The Morgan fingerprint density at radius 3 is 2.41 bits per heavy atom. The number of hydrogen-bond donors (Lipinski definition) is 2. The van der Waals surface area contributed by atoms with E-state index in [9.17, 15) is 23.2 Å². The van der Waals surface area contributed by atoms with Crippen molar-refractivity contribution in [2.24, 2.45) is 5.92 Å². The molecule has 0 fully saturated rings. The molecule has 0 radical (unpaired) electrons. The van der Waals surface area contributed by atoms with E-state index < -0.39 is 36.0 Å². The predicted octanol–water partition coefficient (Wildman–Crippen LogP) is 3.92. The van der Waals surface area contributed by atoms with Crippen LogP contribution in [0.2, 0.25) is 0 Å². The third kappa shape index (κ3) is 8.45. The minimum atomic E-state index is -0.959. The number of hydrogen-bond acceptors (Lipinski definition) is 4. The number of rotatable bonds is 11. The van der Waals surface area contributed by atoms with E-state index in [2.05, 4.69) is 24.5 Å². The van der Waals surface area contributed by atoms with Crippen molar-refractivity contribution in [1.82, 2.24) is 10.6 Å². The zero-order valence-electron chi connectivity index (χ0n) is 18.2. The number of carbonyl (C=O) groups is 3. The maximum Gasteiger partial charge on any atom is 0.306 e. The molecule has 2 N–H and O–H groups in total. The predicted molar refractivity (Wildman–Crippen MR) is 116 cm³/mol. The Balaban J connectivity index is 1.70. The first-order valence-corrected chi connectivity index (χ1v) is 10.5. The largest absolute Gasteiger partial charge is 0.456 e. The fourth-order valence-electron chi connectivity index (χ4n) is 3.09. The van der Waals surface area contributed by atoms with E-state index >= 15 is 0 Å². The second kappa shape index (κ2) is 12.5. The van der Waals surface area contributed by atoms with Gasteiger partial charge in [0.2, 0.25) is 0 Å². The molecule has 0 spiro atoms. The summed E-state index contributed by atoms with van der Waals surface area (Å²) in [5.74, 6) is -3.05. The van der Waals surface area contributed by atoms with Crippen molar-refractivity contribution in [3.63, 3.8) is 0 Å². The van der Waals surface area contributed by atoms with Gasteiger partial charge in [0.15, 0.2) is 6.61 Å². The molecule has 0 aromatic heterocycles. The first-order chi connectivity index (χ1) is 15.3. The van der Waals surface area contributed by atoms with Gasteiger partial charge in [0.1, 0.15) is 11.6 Å². The van der Waals surface area contributed by atoms with Crippen molar-refractivity contribution in [1.29, 1.82) is 0 Å². The average Bonchev–Trinajstić information content (AvgIpc) is 2.75. The van der Waals surface area contributed by atoms with E-state index in [-0.39, 0.29) is 31.0 Å². The molecule has 6 nitrogen and oxygen atoms in total. The van der Waals surface area contributed by atoms with Crippen LogP contribution in [-0.4, -0.2) is 30.9 Å². The molecule has 1 atom stereocenters. The molecule has 2 amide bonds. The van der Waals surface area contributed by atoms with Crippen LogP contribution < -0.4 is 10.6 Å². The molecule has 32 heavy (non-hydrogen) atoms. The maximum absolute atomic E-state index is 13.6. The topological polar surface area (TPSA) is 84.5 Å². The molecule has 2 aromatic carbocycles. The van der Waals surface area contributed by atoms with Crippen molar-refractivity contribution in [2.75, 3.05) is 13.2 Å². The van der Waals surface area contributed by atoms with Crippen molar-refractivity contribution in [2.45, 2.75) is 39.2 Å². The van der Waals surface area contributed by atoms with Gasteiger partial charge in [0.05, 0.1) is 11.6 Å². The summed E-state index contributed by atoms with van der Waals surface area (Å²) in [4.78, 5) is 36.0. The number of benzene rings is 2. The minimum absolute atomic E-state index is 0.0203. The van der Waals surface area contributed by atoms with Gasteiger partial charge in [-0.3, -0.25) is 14.4 Å². The van der Waals surface area contributed by atoms with Crippen LogP contribution in [0.4, 0.5) is 8.78 Å². The smallest absolute Gasteiger partial charge is 0.306 e. The Labute approximate surface area is 186 Å². The van der Waals surface area contributed by atoms with Gasteiger partial charge in [-0.1, -0.05) is 44.2 Å². The summed E-state index contributed by atoms with van der Waals surface area (Å²) in [5.41, 5.74) is 0.703. The van der Waals surface area contributed by atoms with Gasteiger partial charge >= 0.3 is 5.97 Å². The van der Waals surface area contributed by atoms with Crippen LogP contribution in [0.3, 0.4) is 0 Å². The van der Waals surface area contributed by atoms with E-state index in [1.54, 1.807) is 0 Å². The highest BCUT2D eigenvalue weighted by Crippen LogP contribution is 2.21. The third-order valence-electron chi connectivity index (χ3n) is 4.63. The summed E-state index contributed by atoms with van der Waals surface area (Å²) in [6, 6.07) is 12.1. The SMILES string of the molecule is CC(C)CC(NC(=O)COC(=O)CCCNC(=O)c1ccc(F)cc1F)c1ccccc1. The number of nitrogens with one attached hydrogen (secondary N) is 2. The molecular weight excluding hydrogens is 418 g/mol. The van der Waals surface area contributed by atoms with Gasteiger partial charge < -0.3 is 15.4 Å². The number of ether oxygens (including phenoxy) is 1. The van der Waals surface area contributed by atoms with Gasteiger partial charge in [-0.05, 0) is 36.5 Å². The Morgan fingerprint density at radius 1 is 1.03 bits per heavy atom. The molecule has 0 aliphatic rings. The monoisotopic (exact) mass is 446 g/mol. The summed E-state index contributed by atoms with van der Waals surface area (Å²) in [7, 11) is 0. The lowest BCUT2D eigenvalue weighted by atomic mass is 9.97. The highest BCUT2D eigenvalue weighted by Gasteiger charge is 2.17. The van der Waals surface area contributed by atoms with E-state index in [1.165, 1.54) is 0 Å². The summed E-state index contributed by atoms with van der Waals surface area (Å²) in [6.07, 6.45) is 0.973. The van der Waals surface area contributed by atoms with E-state index in [0.29, 0.717) is 12.0 Å². The number of halogens is 2. The van der Waals surface area contributed by atoms with E-state index in [1.807, 2.05) is 30.3 Å². The molecule has 172 valence electrons. The van der Waals surface area contributed by atoms with Crippen LogP contribution in [-0.2, 0) is 14.3 Å². The van der Waals surface area contributed by atoms with Crippen LogP contribution >= 0.6 is 0 Å². The van der Waals surface area contributed by atoms with Crippen LogP contribution in [0.1, 0.15) is 55.1 Å². The number of esters is 1. The molecule has 8 heteroatoms. The molecule has 2 aromatic rings. The van der Waals surface area contributed by atoms with E-state index in [4.69, 9.17) is 4.74 Å². The zero-order valence-corrected chi connectivity index (χ0v) is 18.2. The van der Waals surface area contributed by atoms with Crippen LogP contribution in [0.25, 0.3) is 0 Å². The fraction of sp³-hybridized carbons (Fsp3) is 0.375. The van der Waals surface area contributed by atoms with Crippen LogP contribution in [0, 0.1) is 17.6 Å². The second-order valence-electron chi connectivity index (χ2n) is 7.80. The molecule has 2 rings (SSSR count). The Kier molecular flexibility index (Phi) is 9.78. The highest BCUT2D eigenvalue weighted by atomic mass is 19.1. The molecule has 0 bridgehead atoms. The number of amides is 2. The lowest BCUT2D eigenvalue weighted by Gasteiger charge is -2.21. The van der Waals surface area contributed by atoms with Gasteiger partial charge in [-0.15, -0.1) is 0 Å². The summed E-state index contributed by atoms with van der Waals surface area (Å²) < 4.78 is 31.5. The highest BCUT2D eigenvalue weighted by molar-refractivity contribution is 5.94. The van der Waals surface area contributed by atoms with Gasteiger partial charge in [-0.2, -0.15) is 0 Å². The van der Waals surface area contributed by atoms with Crippen molar-refractivity contribution in [3.8, 4) is 0 Å². The van der Waals surface area contributed by atoms with Gasteiger partial charge in [0.25, 0.3) is 11.8 Å². The van der Waals surface area contributed by atoms with Crippen LogP contribution in [0.15, 0.2) is 48.5 Å². The Bertz CT molecular complexity index is 919. The van der Waals surface area contributed by atoms with Crippen LogP contribution in [0.5, 0.6) is 0 Å². The average molecular weight is 446 g/mol. The minimum Gasteiger partial charge on any atom is -0.456 e. The first kappa shape index (κ1) is 25.0. The molecule has 0 aliphatic heterocycles. The van der Waals surface area contributed by atoms with Crippen molar-refractivity contribution >= 4 is 17.8 Å². The molecule has 0 heterocycles. The van der Waals surface area contributed by atoms with Crippen molar-refractivity contribution < 1.29 is 27.9 Å². The molecule has 0 aliphatic carbocycles. The quantitative estimate of drug-likeness (QED) is 0.405. The number of carbonyl (C=O) groups excluding carboxylic acids is 3. The lowest BCUT2D eigenvalue weighted by molar-refractivity contribution is -0.148. The molecular formula is C24H28F2N2O4. The lowest BCUT2D eigenvalue weighted by Crippen LogP contribution is -2.33. The zero-order chi connectivity index (χ0) is 23.5. The standard InChI is InChI=1S/C24H28F2N2O4/c1-16(2)13-21(17-7-4-3-5-8-17)28-22(29)15-32-23(30)9-6-12-27-24(31)19-11-10-18(25)14-20(19)26/h3-5,7-8,10-11,14,16,21H,6,9,12-13,15H2,1-2H3,(H,27,31)(H,28,29). The maximum atomic E-state index is 13.6. The second-order valence-corrected chi connectivity index (χ2v) is 7.80. The summed E-state index contributed by atoms with van der Waals surface area (Å²) >= 11 is 0. The normalized spacial score (nSPS) is 11.7. The molecule has 0 saturated heterocycles. The van der Waals surface area contributed by atoms with Gasteiger partial charge in [-0.25, -0.2) is 8.78 Å². The Hall–Kier alpha value is -3.29. The third-order valence-corrected chi connectivity index (χ3v) is 4.63. The summed E-state index contributed by atoms with van der Waals surface area (Å²) in [6.45, 7) is 3.82. The van der Waals surface area contributed by atoms with E-state index in [0.717, 1.165) is 24.1 Å². The molecule has 1 unspecified atom stereocenters. The summed E-state index contributed by atoms with van der Waals surface area (Å²) in [5, 5.41) is 5.35. The Morgan fingerprint density at radius 2 is 1.75 bits per heavy atom. The molecule has 0 saturated carbocycles. The first-order valence-electron chi connectivity index (χ1n) is 10.5.